The highest BCUT2D eigenvalue weighted by atomic mass is 79.9. The molecule has 20 heavy (non-hydrogen) atoms. The number of nitrogens with two attached hydrogens (primary N) is 1. The van der Waals surface area contributed by atoms with Crippen molar-refractivity contribution < 1.29 is 13.7 Å². The van der Waals surface area contributed by atoms with Gasteiger partial charge in [-0.05, 0) is 38.0 Å². The average Bonchev–Trinajstić information content (AvgIpc) is 2.68. The molecule has 0 saturated heterocycles. The fourth-order valence-corrected chi connectivity index (χ4v) is 2.75. The lowest BCUT2D eigenvalue weighted by atomic mass is 9.90. The molecule has 4 nitrogen and oxygen atoms in total. The van der Waals surface area contributed by atoms with Crippen molar-refractivity contribution in [2.75, 3.05) is 0 Å². The number of carbonyl (C=O) groups excluding carboxylic acids is 1. The van der Waals surface area contributed by atoms with Crippen LogP contribution in [0, 0.1) is 19.7 Å². The van der Waals surface area contributed by atoms with Crippen LogP contribution in [0.15, 0.2) is 27.2 Å². The van der Waals surface area contributed by atoms with E-state index in [4.69, 9.17) is 10.3 Å². The number of amides is 1. The minimum Gasteiger partial charge on any atom is -0.369 e. The summed E-state index contributed by atoms with van der Waals surface area (Å²) in [5.41, 5.74) is 7.64. The summed E-state index contributed by atoms with van der Waals surface area (Å²) < 4.78 is 18.8. The second kappa shape index (κ2) is 5.75. The molecule has 0 spiro atoms. The molecule has 2 N–H and O–H groups in total. The zero-order valence-electron chi connectivity index (χ0n) is 11.1. The highest BCUT2D eigenvalue weighted by Gasteiger charge is 2.26. The molecule has 0 bridgehead atoms. The van der Waals surface area contributed by atoms with Crippen LogP contribution in [-0.2, 0) is 11.2 Å². The lowest BCUT2D eigenvalue weighted by molar-refractivity contribution is -0.119. The smallest absolute Gasteiger partial charge is 0.225 e. The molecule has 1 heterocycles. The van der Waals surface area contributed by atoms with E-state index >= 15 is 0 Å². The molecule has 1 atom stereocenters. The molecule has 0 aliphatic carbocycles. The number of rotatable bonds is 4. The van der Waals surface area contributed by atoms with Gasteiger partial charge in [0.25, 0.3) is 0 Å². The Balaban J connectivity index is 2.38. The summed E-state index contributed by atoms with van der Waals surface area (Å²) in [5, 5.41) is 3.84. The molecule has 6 heteroatoms. The van der Waals surface area contributed by atoms with Gasteiger partial charge in [-0.25, -0.2) is 4.39 Å². The fraction of sp³-hybridized carbons (Fsp3) is 0.286. The molecule has 2 rings (SSSR count). The molecule has 0 saturated carbocycles. The van der Waals surface area contributed by atoms with Crippen LogP contribution in [0.3, 0.4) is 0 Å². The second-order valence-electron chi connectivity index (χ2n) is 4.63. The number of benzene rings is 1. The lowest BCUT2D eigenvalue weighted by Gasteiger charge is -2.14. The zero-order valence-corrected chi connectivity index (χ0v) is 12.7. The molecule has 0 aliphatic rings. The van der Waals surface area contributed by atoms with Gasteiger partial charge in [-0.15, -0.1) is 0 Å². The van der Waals surface area contributed by atoms with Crippen LogP contribution in [0.2, 0.25) is 0 Å². The van der Waals surface area contributed by atoms with Gasteiger partial charge in [-0.1, -0.05) is 27.2 Å². The first-order valence-electron chi connectivity index (χ1n) is 6.06. The van der Waals surface area contributed by atoms with Crippen molar-refractivity contribution in [3.8, 4) is 0 Å². The van der Waals surface area contributed by atoms with Gasteiger partial charge in [-0.2, -0.15) is 0 Å². The Labute approximate surface area is 124 Å². The minimum atomic E-state index is -0.553. The topological polar surface area (TPSA) is 69.1 Å². The standard InChI is InChI=1S/C14H14BrFN2O2/c1-7-13(8(2)20-18-7)11(14(17)19)5-9-3-4-10(16)6-12(9)15/h3-4,6,11H,5H2,1-2H3,(H2,17,19). The number of primary amides is 1. The number of nitrogens with zero attached hydrogens (tertiary/aromatic N) is 1. The van der Waals surface area contributed by atoms with Crippen LogP contribution in [-0.4, -0.2) is 11.1 Å². The van der Waals surface area contributed by atoms with E-state index in [2.05, 4.69) is 21.1 Å². The third-order valence-corrected chi connectivity index (χ3v) is 3.96. The van der Waals surface area contributed by atoms with E-state index < -0.39 is 11.8 Å². The Morgan fingerprint density at radius 3 is 2.70 bits per heavy atom. The number of halogens is 2. The minimum absolute atomic E-state index is 0.339. The van der Waals surface area contributed by atoms with Crippen molar-refractivity contribution in [1.29, 1.82) is 0 Å². The van der Waals surface area contributed by atoms with E-state index in [9.17, 15) is 9.18 Å². The largest absolute Gasteiger partial charge is 0.369 e. The van der Waals surface area contributed by atoms with Crippen LogP contribution in [0.1, 0.15) is 28.5 Å². The highest BCUT2D eigenvalue weighted by Crippen LogP contribution is 2.29. The maximum Gasteiger partial charge on any atom is 0.225 e. The van der Waals surface area contributed by atoms with E-state index in [1.165, 1.54) is 12.1 Å². The van der Waals surface area contributed by atoms with Gasteiger partial charge < -0.3 is 10.3 Å². The van der Waals surface area contributed by atoms with E-state index in [-0.39, 0.29) is 5.82 Å². The van der Waals surface area contributed by atoms with Gasteiger partial charge in [0.2, 0.25) is 5.91 Å². The molecular formula is C14H14BrFN2O2. The maximum atomic E-state index is 13.1. The average molecular weight is 341 g/mol. The molecule has 0 aliphatic heterocycles. The predicted molar refractivity (Wildman–Crippen MR) is 75.7 cm³/mol. The number of carbonyl (C=O) groups is 1. The van der Waals surface area contributed by atoms with Crippen molar-refractivity contribution in [1.82, 2.24) is 5.16 Å². The molecule has 0 radical (unpaired) electrons. The quantitative estimate of drug-likeness (QED) is 0.929. The number of aromatic nitrogens is 1. The van der Waals surface area contributed by atoms with Gasteiger partial charge in [0, 0.05) is 10.0 Å². The van der Waals surface area contributed by atoms with E-state index in [0.717, 1.165) is 5.56 Å². The maximum absolute atomic E-state index is 13.1. The van der Waals surface area contributed by atoms with Crippen LogP contribution in [0.5, 0.6) is 0 Å². The summed E-state index contributed by atoms with van der Waals surface area (Å²) in [6.07, 6.45) is 0.360. The van der Waals surface area contributed by atoms with Gasteiger partial charge in [0.1, 0.15) is 11.6 Å². The number of hydrogen-bond acceptors (Lipinski definition) is 3. The predicted octanol–water partition coefficient (Wildman–Crippen LogP) is 3.00. The van der Waals surface area contributed by atoms with Crippen LogP contribution < -0.4 is 5.73 Å². The normalized spacial score (nSPS) is 12.4. The van der Waals surface area contributed by atoms with E-state index in [1.807, 2.05) is 0 Å². The Kier molecular flexibility index (Phi) is 4.23. The van der Waals surface area contributed by atoms with Gasteiger partial charge in [0.15, 0.2) is 0 Å². The second-order valence-corrected chi connectivity index (χ2v) is 5.49. The highest BCUT2D eigenvalue weighted by molar-refractivity contribution is 9.10. The molecule has 1 amide bonds. The molecule has 0 fully saturated rings. The van der Waals surface area contributed by atoms with Crippen LogP contribution >= 0.6 is 15.9 Å². The third kappa shape index (κ3) is 2.90. The SMILES string of the molecule is Cc1noc(C)c1C(Cc1ccc(F)cc1Br)C(N)=O. The lowest BCUT2D eigenvalue weighted by Crippen LogP contribution is -2.24. The van der Waals surface area contributed by atoms with Crippen molar-refractivity contribution in [3.63, 3.8) is 0 Å². The fourth-order valence-electron chi connectivity index (χ4n) is 2.24. The summed E-state index contributed by atoms with van der Waals surface area (Å²) >= 11 is 3.29. The summed E-state index contributed by atoms with van der Waals surface area (Å²) in [6, 6.07) is 4.35. The Bertz CT molecular complexity index is 635. The Morgan fingerprint density at radius 2 is 2.20 bits per heavy atom. The first kappa shape index (κ1) is 14.7. The summed E-state index contributed by atoms with van der Waals surface area (Å²) in [5.74, 6) is -0.781. The summed E-state index contributed by atoms with van der Waals surface area (Å²) in [6.45, 7) is 3.51. The third-order valence-electron chi connectivity index (χ3n) is 3.22. The molecular weight excluding hydrogens is 327 g/mol. The van der Waals surface area contributed by atoms with Crippen molar-refractivity contribution in [2.24, 2.45) is 5.73 Å². The van der Waals surface area contributed by atoms with E-state index in [0.29, 0.717) is 27.9 Å². The number of aryl methyl sites for hydroxylation is 2. The van der Waals surface area contributed by atoms with E-state index in [1.54, 1.807) is 19.9 Å². The first-order chi connectivity index (χ1) is 9.40. The van der Waals surface area contributed by atoms with Gasteiger partial charge in [-0.3, -0.25) is 4.79 Å². The summed E-state index contributed by atoms with van der Waals surface area (Å²) in [7, 11) is 0. The van der Waals surface area contributed by atoms with Crippen LogP contribution in [0.4, 0.5) is 4.39 Å². The van der Waals surface area contributed by atoms with Crippen molar-refractivity contribution >= 4 is 21.8 Å². The van der Waals surface area contributed by atoms with Gasteiger partial charge in [0.05, 0.1) is 11.6 Å². The van der Waals surface area contributed by atoms with Gasteiger partial charge >= 0.3 is 0 Å². The summed E-state index contributed by atoms with van der Waals surface area (Å²) in [4.78, 5) is 11.7. The molecule has 1 aromatic carbocycles. The zero-order chi connectivity index (χ0) is 14.9. The molecule has 1 aromatic heterocycles. The monoisotopic (exact) mass is 340 g/mol. The Hall–Kier alpha value is -1.69. The van der Waals surface area contributed by atoms with Crippen molar-refractivity contribution in [3.05, 3.63) is 51.1 Å². The first-order valence-corrected chi connectivity index (χ1v) is 6.85. The molecule has 2 aromatic rings. The molecule has 1 unspecified atom stereocenters. The Morgan fingerprint density at radius 1 is 1.50 bits per heavy atom. The molecule has 106 valence electrons. The number of hydrogen-bond donors (Lipinski definition) is 1. The van der Waals surface area contributed by atoms with Crippen LogP contribution in [0.25, 0.3) is 0 Å². The van der Waals surface area contributed by atoms with Crippen molar-refractivity contribution in [2.45, 2.75) is 26.2 Å².